The molecule has 3 nitrogen and oxygen atoms in total. The van der Waals surface area contributed by atoms with Gasteiger partial charge in [-0.3, -0.25) is 0 Å². The maximum atomic E-state index is 6.09. The van der Waals surface area contributed by atoms with Gasteiger partial charge in [0.25, 0.3) is 0 Å². The molecule has 2 aromatic rings. The summed E-state index contributed by atoms with van der Waals surface area (Å²) in [6.45, 7) is 3.16. The number of aryl methyl sites for hydroxylation is 1. The van der Waals surface area contributed by atoms with Gasteiger partial charge in [0.15, 0.2) is 0 Å². The van der Waals surface area contributed by atoms with Crippen molar-refractivity contribution >= 4 is 11.6 Å². The Morgan fingerprint density at radius 2 is 2.26 bits per heavy atom. The molecule has 0 radical (unpaired) electrons. The fourth-order valence-corrected chi connectivity index (χ4v) is 2.32. The van der Waals surface area contributed by atoms with E-state index in [4.69, 9.17) is 11.6 Å². The van der Waals surface area contributed by atoms with E-state index in [0.717, 1.165) is 30.2 Å². The molecule has 2 rings (SSSR count). The van der Waals surface area contributed by atoms with Gasteiger partial charge in [-0.15, -0.1) is 0 Å². The molecule has 0 spiro atoms. The number of hydrogen-bond donors (Lipinski definition) is 1. The number of hydrogen-bond acceptors (Lipinski definition) is 2. The highest BCUT2D eigenvalue weighted by molar-refractivity contribution is 6.30. The van der Waals surface area contributed by atoms with Crippen molar-refractivity contribution in [3.05, 3.63) is 53.1 Å². The van der Waals surface area contributed by atoms with Gasteiger partial charge in [0, 0.05) is 36.9 Å². The highest BCUT2D eigenvalue weighted by Crippen LogP contribution is 2.21. The first-order valence-electron chi connectivity index (χ1n) is 6.65. The van der Waals surface area contributed by atoms with Crippen LogP contribution in [0, 0.1) is 0 Å². The fraction of sp³-hybridized carbons (Fsp3) is 0.400. The third-order valence-electron chi connectivity index (χ3n) is 3.20. The van der Waals surface area contributed by atoms with Gasteiger partial charge in [0.1, 0.15) is 5.82 Å². The molecule has 1 N–H and O–H groups in total. The van der Waals surface area contributed by atoms with Crippen LogP contribution in [-0.4, -0.2) is 16.1 Å². The number of benzene rings is 1. The lowest BCUT2D eigenvalue weighted by Gasteiger charge is -2.19. The molecule has 0 aliphatic heterocycles. The highest BCUT2D eigenvalue weighted by atomic mass is 35.5. The standard InChI is InChI=1S/C15H20ClN3/c1-3-7-17-14(11-15-18-8-9-19(15)2)12-5-4-6-13(16)10-12/h4-6,8-10,14,17H,3,7,11H2,1-2H3. The second-order valence-electron chi connectivity index (χ2n) is 4.72. The number of aromatic nitrogens is 2. The molecule has 0 fully saturated rings. The summed E-state index contributed by atoms with van der Waals surface area (Å²) in [7, 11) is 2.02. The van der Waals surface area contributed by atoms with Gasteiger partial charge < -0.3 is 9.88 Å². The van der Waals surface area contributed by atoms with E-state index in [1.54, 1.807) is 0 Å². The largest absolute Gasteiger partial charge is 0.338 e. The second kappa shape index (κ2) is 6.73. The molecular formula is C15H20ClN3. The van der Waals surface area contributed by atoms with Crippen LogP contribution < -0.4 is 5.32 Å². The minimum Gasteiger partial charge on any atom is -0.338 e. The average Bonchev–Trinajstić information content (AvgIpc) is 2.80. The van der Waals surface area contributed by atoms with E-state index in [1.807, 2.05) is 37.6 Å². The van der Waals surface area contributed by atoms with E-state index in [1.165, 1.54) is 5.56 Å². The summed E-state index contributed by atoms with van der Waals surface area (Å²) in [5, 5.41) is 4.34. The van der Waals surface area contributed by atoms with Crippen LogP contribution in [0.5, 0.6) is 0 Å². The van der Waals surface area contributed by atoms with Crippen LogP contribution in [0.3, 0.4) is 0 Å². The van der Waals surface area contributed by atoms with Gasteiger partial charge in [-0.1, -0.05) is 30.7 Å². The summed E-state index contributed by atoms with van der Waals surface area (Å²) in [6.07, 6.45) is 5.79. The van der Waals surface area contributed by atoms with Gasteiger partial charge in [-0.05, 0) is 30.7 Å². The molecule has 19 heavy (non-hydrogen) atoms. The van der Waals surface area contributed by atoms with Crippen LogP contribution in [0.25, 0.3) is 0 Å². The van der Waals surface area contributed by atoms with Crippen molar-refractivity contribution in [1.82, 2.24) is 14.9 Å². The van der Waals surface area contributed by atoms with Crippen molar-refractivity contribution < 1.29 is 0 Å². The van der Waals surface area contributed by atoms with Crippen LogP contribution >= 0.6 is 11.6 Å². The lowest BCUT2D eigenvalue weighted by Crippen LogP contribution is -2.25. The summed E-state index contributed by atoms with van der Waals surface area (Å²) in [6, 6.07) is 8.29. The van der Waals surface area contributed by atoms with Crippen molar-refractivity contribution in [3.63, 3.8) is 0 Å². The van der Waals surface area contributed by atoms with Crippen molar-refractivity contribution in [2.75, 3.05) is 6.54 Å². The quantitative estimate of drug-likeness (QED) is 0.877. The molecule has 1 aromatic heterocycles. The lowest BCUT2D eigenvalue weighted by atomic mass is 10.0. The third kappa shape index (κ3) is 3.82. The SMILES string of the molecule is CCCNC(Cc1nccn1C)c1cccc(Cl)c1. The maximum Gasteiger partial charge on any atom is 0.110 e. The maximum absolute atomic E-state index is 6.09. The Labute approximate surface area is 119 Å². The zero-order chi connectivity index (χ0) is 13.7. The van der Waals surface area contributed by atoms with E-state index in [2.05, 4.69) is 27.9 Å². The molecule has 0 saturated heterocycles. The minimum atomic E-state index is 0.250. The Morgan fingerprint density at radius 1 is 1.42 bits per heavy atom. The lowest BCUT2D eigenvalue weighted by molar-refractivity contribution is 0.512. The van der Waals surface area contributed by atoms with Crippen molar-refractivity contribution in [2.24, 2.45) is 7.05 Å². The van der Waals surface area contributed by atoms with Gasteiger partial charge in [-0.25, -0.2) is 4.98 Å². The van der Waals surface area contributed by atoms with Crippen molar-refractivity contribution in [3.8, 4) is 0 Å². The van der Waals surface area contributed by atoms with E-state index in [9.17, 15) is 0 Å². The Balaban J connectivity index is 2.18. The first-order valence-corrected chi connectivity index (χ1v) is 7.03. The predicted molar refractivity (Wildman–Crippen MR) is 79.4 cm³/mol. The molecule has 1 heterocycles. The Morgan fingerprint density at radius 3 is 2.89 bits per heavy atom. The molecule has 0 saturated carbocycles. The van der Waals surface area contributed by atoms with Crippen LogP contribution in [0.1, 0.15) is 30.8 Å². The molecule has 0 bridgehead atoms. The topological polar surface area (TPSA) is 29.9 Å². The molecule has 1 aromatic carbocycles. The highest BCUT2D eigenvalue weighted by Gasteiger charge is 2.14. The van der Waals surface area contributed by atoms with Crippen molar-refractivity contribution in [2.45, 2.75) is 25.8 Å². The number of nitrogens with zero attached hydrogens (tertiary/aromatic N) is 2. The van der Waals surface area contributed by atoms with Gasteiger partial charge in [0.05, 0.1) is 0 Å². The first-order chi connectivity index (χ1) is 9.20. The first kappa shape index (κ1) is 14.1. The van der Waals surface area contributed by atoms with E-state index >= 15 is 0 Å². The number of halogens is 1. The summed E-state index contributed by atoms with van der Waals surface area (Å²) in [5.74, 6) is 1.08. The summed E-state index contributed by atoms with van der Waals surface area (Å²) >= 11 is 6.09. The number of nitrogens with one attached hydrogen (secondary N) is 1. The number of rotatable bonds is 6. The van der Waals surface area contributed by atoms with E-state index < -0.39 is 0 Å². The molecule has 1 atom stereocenters. The average molecular weight is 278 g/mol. The Bertz CT molecular complexity index is 522. The molecule has 0 aliphatic carbocycles. The Kier molecular flexibility index (Phi) is 5.00. The third-order valence-corrected chi connectivity index (χ3v) is 3.43. The van der Waals surface area contributed by atoms with Gasteiger partial charge in [-0.2, -0.15) is 0 Å². The van der Waals surface area contributed by atoms with Crippen LogP contribution in [0.15, 0.2) is 36.7 Å². The molecule has 0 aliphatic rings. The summed E-state index contributed by atoms with van der Waals surface area (Å²) in [4.78, 5) is 4.40. The molecule has 4 heteroatoms. The Hall–Kier alpha value is -1.32. The zero-order valence-corrected chi connectivity index (χ0v) is 12.2. The van der Waals surface area contributed by atoms with Crippen LogP contribution in [-0.2, 0) is 13.5 Å². The summed E-state index contributed by atoms with van der Waals surface area (Å²) in [5.41, 5.74) is 1.21. The predicted octanol–water partition coefficient (Wildman–Crippen LogP) is 3.36. The normalized spacial score (nSPS) is 12.6. The van der Waals surface area contributed by atoms with Gasteiger partial charge in [0.2, 0.25) is 0 Å². The van der Waals surface area contributed by atoms with Gasteiger partial charge >= 0.3 is 0 Å². The molecular weight excluding hydrogens is 258 g/mol. The van der Waals surface area contributed by atoms with E-state index in [-0.39, 0.29) is 6.04 Å². The molecule has 102 valence electrons. The second-order valence-corrected chi connectivity index (χ2v) is 5.16. The summed E-state index contributed by atoms with van der Waals surface area (Å²) < 4.78 is 2.06. The smallest absolute Gasteiger partial charge is 0.110 e. The van der Waals surface area contributed by atoms with Crippen LogP contribution in [0.2, 0.25) is 5.02 Å². The minimum absolute atomic E-state index is 0.250. The molecule has 1 unspecified atom stereocenters. The van der Waals surface area contributed by atoms with Crippen molar-refractivity contribution in [1.29, 1.82) is 0 Å². The zero-order valence-electron chi connectivity index (χ0n) is 11.4. The fourth-order valence-electron chi connectivity index (χ4n) is 2.13. The monoisotopic (exact) mass is 277 g/mol. The van der Waals surface area contributed by atoms with E-state index in [0.29, 0.717) is 0 Å². The molecule has 0 amide bonds. The number of imidazole rings is 1. The van der Waals surface area contributed by atoms with Crippen LogP contribution in [0.4, 0.5) is 0 Å².